The van der Waals surface area contributed by atoms with E-state index in [1.807, 2.05) is 24.3 Å². The van der Waals surface area contributed by atoms with E-state index in [2.05, 4.69) is 10.1 Å². The zero-order valence-electron chi connectivity index (χ0n) is 10.1. The van der Waals surface area contributed by atoms with E-state index in [-0.39, 0.29) is 6.54 Å². The predicted octanol–water partition coefficient (Wildman–Crippen LogP) is 0.371. The molecule has 0 fully saturated rings. The Labute approximate surface area is 105 Å². The standard InChI is InChI=1S/C13H15NO4/c1-18-11(15)8-14-13(12(16)17)6-9-4-2-3-5-10(9)7-13/h2-5,14H,6-8H2,1H3,(H,16,17). The van der Waals surface area contributed by atoms with E-state index in [4.69, 9.17) is 0 Å². The molecule has 0 heterocycles. The number of benzene rings is 1. The summed E-state index contributed by atoms with van der Waals surface area (Å²) in [5, 5.41) is 12.2. The molecule has 5 nitrogen and oxygen atoms in total. The van der Waals surface area contributed by atoms with Crippen LogP contribution in [0.1, 0.15) is 11.1 Å². The van der Waals surface area contributed by atoms with Crippen LogP contribution in [0, 0.1) is 0 Å². The molecule has 2 N–H and O–H groups in total. The van der Waals surface area contributed by atoms with Gasteiger partial charge in [0.05, 0.1) is 13.7 Å². The highest BCUT2D eigenvalue weighted by Gasteiger charge is 2.43. The zero-order chi connectivity index (χ0) is 13.2. The van der Waals surface area contributed by atoms with E-state index < -0.39 is 17.5 Å². The van der Waals surface area contributed by atoms with Gasteiger partial charge in [0, 0.05) is 12.8 Å². The van der Waals surface area contributed by atoms with Crippen molar-refractivity contribution in [2.75, 3.05) is 13.7 Å². The second kappa shape index (κ2) is 4.78. The van der Waals surface area contributed by atoms with E-state index in [0.717, 1.165) is 11.1 Å². The van der Waals surface area contributed by atoms with Crippen LogP contribution in [0.2, 0.25) is 0 Å². The lowest BCUT2D eigenvalue weighted by atomic mass is 9.96. The highest BCUT2D eigenvalue weighted by molar-refractivity contribution is 5.82. The van der Waals surface area contributed by atoms with Crippen molar-refractivity contribution in [2.24, 2.45) is 0 Å². The van der Waals surface area contributed by atoms with Gasteiger partial charge in [0.15, 0.2) is 0 Å². The maximum Gasteiger partial charge on any atom is 0.324 e. The highest BCUT2D eigenvalue weighted by Crippen LogP contribution is 2.30. The second-order valence-electron chi connectivity index (χ2n) is 4.44. The minimum Gasteiger partial charge on any atom is -0.480 e. The first-order chi connectivity index (χ1) is 8.57. The lowest BCUT2D eigenvalue weighted by molar-refractivity contribution is -0.146. The number of hydrogen-bond donors (Lipinski definition) is 2. The molecule has 0 aromatic heterocycles. The molecular weight excluding hydrogens is 234 g/mol. The summed E-state index contributed by atoms with van der Waals surface area (Å²) in [6.07, 6.45) is 0.769. The largest absolute Gasteiger partial charge is 0.480 e. The Kier molecular flexibility index (Phi) is 3.34. The summed E-state index contributed by atoms with van der Waals surface area (Å²) in [5.41, 5.74) is 0.923. The molecule has 18 heavy (non-hydrogen) atoms. The Balaban J connectivity index is 2.17. The molecule has 0 saturated heterocycles. The number of carboxylic acid groups (broad SMARTS) is 1. The van der Waals surface area contributed by atoms with E-state index in [0.29, 0.717) is 12.8 Å². The number of hydrogen-bond acceptors (Lipinski definition) is 4. The fourth-order valence-corrected chi connectivity index (χ4v) is 2.28. The molecule has 1 aromatic carbocycles. The quantitative estimate of drug-likeness (QED) is 0.754. The number of rotatable bonds is 4. The summed E-state index contributed by atoms with van der Waals surface area (Å²) in [6, 6.07) is 7.60. The van der Waals surface area contributed by atoms with Gasteiger partial charge in [0.2, 0.25) is 0 Å². The smallest absolute Gasteiger partial charge is 0.324 e. The van der Waals surface area contributed by atoms with E-state index in [1.165, 1.54) is 7.11 Å². The number of esters is 1. The SMILES string of the molecule is COC(=O)CNC1(C(=O)O)Cc2ccccc2C1. The number of carbonyl (C=O) groups is 2. The van der Waals surface area contributed by atoms with Gasteiger partial charge in [0.25, 0.3) is 0 Å². The summed E-state index contributed by atoms with van der Waals surface area (Å²) < 4.78 is 4.52. The molecule has 1 aliphatic carbocycles. The molecule has 0 atom stereocenters. The monoisotopic (exact) mass is 249 g/mol. The van der Waals surface area contributed by atoms with Crippen LogP contribution in [0.3, 0.4) is 0 Å². The van der Waals surface area contributed by atoms with Crippen molar-refractivity contribution in [2.45, 2.75) is 18.4 Å². The molecule has 0 radical (unpaired) electrons. The average molecular weight is 249 g/mol. The lowest BCUT2D eigenvalue weighted by Crippen LogP contribution is -2.54. The van der Waals surface area contributed by atoms with Crippen LogP contribution in [0.5, 0.6) is 0 Å². The van der Waals surface area contributed by atoms with E-state index in [9.17, 15) is 14.7 Å². The van der Waals surface area contributed by atoms with Gasteiger partial charge in [-0.25, -0.2) is 0 Å². The summed E-state index contributed by atoms with van der Waals surface area (Å²) in [6.45, 7) is -0.100. The van der Waals surface area contributed by atoms with Gasteiger partial charge >= 0.3 is 11.9 Å². The first-order valence-corrected chi connectivity index (χ1v) is 5.69. The van der Waals surface area contributed by atoms with Crippen molar-refractivity contribution in [3.05, 3.63) is 35.4 Å². The minimum absolute atomic E-state index is 0.100. The number of fused-ring (bicyclic) bond motifs is 1. The first-order valence-electron chi connectivity index (χ1n) is 5.69. The number of ether oxygens (including phenoxy) is 1. The van der Waals surface area contributed by atoms with Gasteiger partial charge in [-0.3, -0.25) is 14.9 Å². The normalized spacial score (nSPS) is 16.1. The van der Waals surface area contributed by atoms with Crippen LogP contribution in [0.25, 0.3) is 0 Å². The predicted molar refractivity (Wildman–Crippen MR) is 64.2 cm³/mol. The average Bonchev–Trinajstić information content (AvgIpc) is 2.75. The van der Waals surface area contributed by atoms with Crippen molar-refractivity contribution in [3.63, 3.8) is 0 Å². The Morgan fingerprint density at radius 2 is 1.89 bits per heavy atom. The number of carboxylic acids is 1. The third-order valence-electron chi connectivity index (χ3n) is 3.31. The molecule has 0 spiro atoms. The number of carbonyl (C=O) groups excluding carboxylic acids is 1. The van der Waals surface area contributed by atoms with Gasteiger partial charge < -0.3 is 9.84 Å². The van der Waals surface area contributed by atoms with Gasteiger partial charge in [-0.15, -0.1) is 0 Å². The first kappa shape index (κ1) is 12.6. The molecule has 96 valence electrons. The third-order valence-corrected chi connectivity index (χ3v) is 3.31. The fraction of sp³-hybridized carbons (Fsp3) is 0.385. The van der Waals surface area contributed by atoms with E-state index in [1.54, 1.807) is 0 Å². The molecule has 0 amide bonds. The molecule has 0 bridgehead atoms. The summed E-state index contributed by atoms with van der Waals surface area (Å²) in [4.78, 5) is 22.6. The molecule has 0 saturated carbocycles. The molecule has 1 aliphatic rings. The van der Waals surface area contributed by atoms with Crippen LogP contribution in [0.4, 0.5) is 0 Å². The second-order valence-corrected chi connectivity index (χ2v) is 4.44. The van der Waals surface area contributed by atoms with Crippen molar-refractivity contribution in [1.82, 2.24) is 5.32 Å². The van der Waals surface area contributed by atoms with Crippen molar-refractivity contribution >= 4 is 11.9 Å². The maximum atomic E-state index is 11.5. The molecular formula is C13H15NO4. The summed E-state index contributed by atoms with van der Waals surface area (Å²) >= 11 is 0. The summed E-state index contributed by atoms with van der Waals surface area (Å²) in [5.74, 6) is -1.41. The summed E-state index contributed by atoms with van der Waals surface area (Å²) in [7, 11) is 1.28. The number of nitrogens with one attached hydrogen (secondary N) is 1. The Bertz CT molecular complexity index is 459. The minimum atomic E-state index is -1.10. The number of methoxy groups -OCH3 is 1. The number of aliphatic carboxylic acids is 1. The molecule has 0 aliphatic heterocycles. The molecule has 2 rings (SSSR count). The van der Waals surface area contributed by atoms with Crippen LogP contribution in [0.15, 0.2) is 24.3 Å². The zero-order valence-corrected chi connectivity index (χ0v) is 10.1. The van der Waals surface area contributed by atoms with Crippen molar-refractivity contribution in [3.8, 4) is 0 Å². The molecule has 1 aromatic rings. The van der Waals surface area contributed by atoms with Crippen molar-refractivity contribution < 1.29 is 19.4 Å². The van der Waals surface area contributed by atoms with Crippen LogP contribution in [-0.4, -0.2) is 36.2 Å². The third kappa shape index (κ3) is 2.22. The molecule has 0 unspecified atom stereocenters. The van der Waals surface area contributed by atoms with Crippen LogP contribution >= 0.6 is 0 Å². The van der Waals surface area contributed by atoms with Gasteiger partial charge in [-0.2, -0.15) is 0 Å². The highest BCUT2D eigenvalue weighted by atomic mass is 16.5. The van der Waals surface area contributed by atoms with Crippen LogP contribution < -0.4 is 5.32 Å². The maximum absolute atomic E-state index is 11.5. The van der Waals surface area contributed by atoms with E-state index >= 15 is 0 Å². The lowest BCUT2D eigenvalue weighted by Gasteiger charge is -2.24. The topological polar surface area (TPSA) is 75.6 Å². The Hall–Kier alpha value is -1.88. The van der Waals surface area contributed by atoms with Crippen LogP contribution in [-0.2, 0) is 27.2 Å². The Morgan fingerprint density at radius 1 is 1.33 bits per heavy atom. The van der Waals surface area contributed by atoms with Crippen molar-refractivity contribution in [1.29, 1.82) is 0 Å². The molecule has 5 heteroatoms. The van der Waals surface area contributed by atoms with Gasteiger partial charge in [-0.1, -0.05) is 24.3 Å². The Morgan fingerprint density at radius 3 is 2.33 bits per heavy atom. The van der Waals surface area contributed by atoms with Gasteiger partial charge in [-0.05, 0) is 11.1 Å². The van der Waals surface area contributed by atoms with Gasteiger partial charge in [0.1, 0.15) is 5.54 Å². The fourth-order valence-electron chi connectivity index (χ4n) is 2.28.